The van der Waals surface area contributed by atoms with Gasteiger partial charge in [0.25, 0.3) is 0 Å². The van der Waals surface area contributed by atoms with E-state index >= 15 is 0 Å². The molecule has 0 aromatic heterocycles. The quantitative estimate of drug-likeness (QED) is 0.346. The van der Waals surface area contributed by atoms with E-state index in [4.69, 9.17) is 4.43 Å². The largest absolute Gasteiger partial charge is 0.425 e. The average Bonchev–Trinajstić information content (AvgIpc) is 2.04. The molecule has 4 heteroatoms. The van der Waals surface area contributed by atoms with Crippen molar-refractivity contribution >= 4 is 15.8 Å². The van der Waals surface area contributed by atoms with Crippen LogP contribution in [0.3, 0.4) is 0 Å². The zero-order valence-electron chi connectivity index (χ0n) is 7.39. The number of aliphatic imine (C=N–C) groups is 1. The first-order valence-corrected chi connectivity index (χ1v) is 5.11. The molecule has 0 rings (SSSR count). The van der Waals surface area contributed by atoms with Crippen molar-refractivity contribution in [2.45, 2.75) is 31.9 Å². The molecule has 0 radical (unpaired) electrons. The molecule has 0 heterocycles. The number of carbonyl (C=O) groups excluding carboxylic acids is 1. The summed E-state index contributed by atoms with van der Waals surface area (Å²) >= 11 is 0. The highest BCUT2D eigenvalue weighted by atomic mass is 28.2. The molecule has 0 fully saturated rings. The summed E-state index contributed by atoms with van der Waals surface area (Å²) in [5, 5.41) is -0.198. The van der Waals surface area contributed by atoms with Gasteiger partial charge in [0.05, 0.1) is 5.16 Å². The van der Waals surface area contributed by atoms with Crippen molar-refractivity contribution in [2.24, 2.45) is 4.99 Å². The number of rotatable bonds is 5. The third-order valence-corrected chi connectivity index (χ3v) is 4.00. The molecule has 0 bridgehead atoms. The van der Waals surface area contributed by atoms with Gasteiger partial charge < -0.3 is 4.43 Å². The van der Waals surface area contributed by atoms with Crippen LogP contribution in [0.1, 0.15) is 26.7 Å². The second-order valence-corrected chi connectivity index (χ2v) is 4.75. The molecule has 0 aliphatic rings. The summed E-state index contributed by atoms with van der Waals surface area (Å²) < 4.78 is 5.11. The first-order chi connectivity index (χ1) is 5.24. The first kappa shape index (κ1) is 10.6. The van der Waals surface area contributed by atoms with Gasteiger partial charge in [-0.05, 0) is 12.8 Å². The molecule has 0 atom stereocenters. The molecule has 64 valence electrons. The van der Waals surface area contributed by atoms with Crippen LogP contribution in [0.15, 0.2) is 4.99 Å². The van der Waals surface area contributed by atoms with E-state index in [1.54, 1.807) is 13.2 Å². The van der Waals surface area contributed by atoms with Crippen LogP contribution in [0, 0.1) is 0 Å². The Morgan fingerprint density at radius 3 is 2.36 bits per heavy atom. The van der Waals surface area contributed by atoms with E-state index in [0.717, 1.165) is 12.8 Å². The van der Waals surface area contributed by atoms with Gasteiger partial charge in [-0.3, -0.25) is 0 Å². The van der Waals surface area contributed by atoms with E-state index in [-0.39, 0.29) is 5.16 Å². The molecule has 0 N–H and O–H groups in total. The SMILES string of the molecule is CCC(CC)(N=C=O)[SiH2]OC. The molecule has 0 saturated heterocycles. The minimum atomic E-state index is -0.711. The minimum Gasteiger partial charge on any atom is -0.425 e. The van der Waals surface area contributed by atoms with Gasteiger partial charge in [-0.1, -0.05) is 13.8 Å². The Morgan fingerprint density at radius 1 is 1.55 bits per heavy atom. The molecule has 0 aliphatic carbocycles. The van der Waals surface area contributed by atoms with Crippen molar-refractivity contribution in [1.82, 2.24) is 0 Å². The van der Waals surface area contributed by atoms with Crippen LogP contribution in [0.5, 0.6) is 0 Å². The lowest BCUT2D eigenvalue weighted by molar-refractivity contribution is 0.390. The van der Waals surface area contributed by atoms with Gasteiger partial charge in [0.1, 0.15) is 0 Å². The van der Waals surface area contributed by atoms with Crippen LogP contribution in [0.25, 0.3) is 0 Å². The molecule has 0 amide bonds. The zero-order chi connectivity index (χ0) is 8.74. The Balaban J connectivity index is 4.31. The Bertz CT molecular complexity index is 151. The second-order valence-electron chi connectivity index (χ2n) is 2.57. The molecule has 0 unspecified atom stereocenters. The Labute approximate surface area is 69.8 Å². The molecular formula is C7H15NO2Si. The van der Waals surface area contributed by atoms with Gasteiger partial charge in [-0.15, -0.1) is 0 Å². The van der Waals surface area contributed by atoms with Crippen LogP contribution < -0.4 is 0 Å². The van der Waals surface area contributed by atoms with Gasteiger partial charge in [-0.25, -0.2) is 9.79 Å². The minimum absolute atomic E-state index is 0.198. The average molecular weight is 173 g/mol. The molecule has 0 aromatic rings. The lowest BCUT2D eigenvalue weighted by atomic mass is 10.2. The molecule has 0 aromatic carbocycles. The fourth-order valence-corrected chi connectivity index (χ4v) is 2.08. The van der Waals surface area contributed by atoms with Crippen molar-refractivity contribution in [3.05, 3.63) is 0 Å². The van der Waals surface area contributed by atoms with E-state index in [1.165, 1.54) is 0 Å². The third kappa shape index (κ3) is 2.97. The molecule has 11 heavy (non-hydrogen) atoms. The Kier molecular flexibility index (Phi) is 5.03. The fourth-order valence-electron chi connectivity index (χ4n) is 1.01. The Hall–Kier alpha value is -0.443. The summed E-state index contributed by atoms with van der Waals surface area (Å²) in [6, 6.07) is 0. The van der Waals surface area contributed by atoms with Gasteiger partial charge in [-0.2, -0.15) is 0 Å². The van der Waals surface area contributed by atoms with E-state index in [2.05, 4.69) is 4.99 Å². The van der Waals surface area contributed by atoms with Crippen LogP contribution >= 0.6 is 0 Å². The summed E-state index contributed by atoms with van der Waals surface area (Å²) in [6.45, 7) is 4.05. The van der Waals surface area contributed by atoms with E-state index < -0.39 is 9.76 Å². The van der Waals surface area contributed by atoms with E-state index in [0.29, 0.717) is 0 Å². The van der Waals surface area contributed by atoms with Gasteiger partial charge in [0.15, 0.2) is 9.76 Å². The highest BCUT2D eigenvalue weighted by Crippen LogP contribution is 2.17. The first-order valence-electron chi connectivity index (χ1n) is 3.82. The van der Waals surface area contributed by atoms with Crippen molar-refractivity contribution < 1.29 is 9.22 Å². The summed E-state index contributed by atoms with van der Waals surface area (Å²) in [5.41, 5.74) is 0. The van der Waals surface area contributed by atoms with Crippen molar-refractivity contribution in [1.29, 1.82) is 0 Å². The summed E-state index contributed by atoms with van der Waals surface area (Å²) in [6.07, 6.45) is 3.37. The molecule has 0 spiro atoms. The van der Waals surface area contributed by atoms with Gasteiger partial charge in [0.2, 0.25) is 6.08 Å². The zero-order valence-corrected chi connectivity index (χ0v) is 8.80. The lowest BCUT2D eigenvalue weighted by Crippen LogP contribution is -2.33. The van der Waals surface area contributed by atoms with Gasteiger partial charge >= 0.3 is 0 Å². The van der Waals surface area contributed by atoms with Crippen LogP contribution in [-0.2, 0) is 9.22 Å². The Morgan fingerprint density at radius 2 is 2.09 bits per heavy atom. The highest BCUT2D eigenvalue weighted by Gasteiger charge is 2.25. The van der Waals surface area contributed by atoms with Gasteiger partial charge in [0, 0.05) is 7.11 Å². The molecule has 0 aliphatic heterocycles. The predicted molar refractivity (Wildman–Crippen MR) is 47.0 cm³/mol. The third-order valence-electron chi connectivity index (χ3n) is 2.01. The number of hydrogen-bond acceptors (Lipinski definition) is 3. The standard InChI is InChI=1S/C7H15NO2Si/c1-4-7(5-2,8-6-9)11-10-3/h4-5,11H2,1-3H3. The smallest absolute Gasteiger partial charge is 0.235 e. The van der Waals surface area contributed by atoms with Crippen LogP contribution in [0.2, 0.25) is 0 Å². The molecular weight excluding hydrogens is 158 g/mol. The maximum atomic E-state index is 10.1. The summed E-state index contributed by atoms with van der Waals surface area (Å²) in [7, 11) is 0.962. The fraction of sp³-hybridized carbons (Fsp3) is 0.857. The highest BCUT2D eigenvalue weighted by molar-refractivity contribution is 6.32. The number of isocyanates is 1. The normalized spacial score (nSPS) is 11.9. The second kappa shape index (κ2) is 5.24. The molecule has 0 saturated carbocycles. The maximum absolute atomic E-state index is 10.1. The van der Waals surface area contributed by atoms with Crippen molar-refractivity contribution in [2.75, 3.05) is 7.11 Å². The number of hydrogen-bond donors (Lipinski definition) is 0. The van der Waals surface area contributed by atoms with E-state index in [1.807, 2.05) is 13.8 Å². The monoisotopic (exact) mass is 173 g/mol. The number of nitrogens with zero attached hydrogens (tertiary/aromatic N) is 1. The predicted octanol–water partition coefficient (Wildman–Crippen LogP) is 0.569. The van der Waals surface area contributed by atoms with Crippen molar-refractivity contribution in [3.8, 4) is 0 Å². The van der Waals surface area contributed by atoms with Crippen molar-refractivity contribution in [3.63, 3.8) is 0 Å². The van der Waals surface area contributed by atoms with Crippen LogP contribution in [-0.4, -0.2) is 28.1 Å². The maximum Gasteiger partial charge on any atom is 0.235 e. The lowest BCUT2D eigenvalue weighted by Gasteiger charge is -2.22. The van der Waals surface area contributed by atoms with E-state index in [9.17, 15) is 4.79 Å². The molecule has 3 nitrogen and oxygen atoms in total. The topological polar surface area (TPSA) is 38.7 Å². The summed E-state index contributed by atoms with van der Waals surface area (Å²) in [4.78, 5) is 13.9. The summed E-state index contributed by atoms with van der Waals surface area (Å²) in [5.74, 6) is 0. The van der Waals surface area contributed by atoms with Crippen LogP contribution in [0.4, 0.5) is 0 Å².